The Labute approximate surface area is 134 Å². The predicted octanol–water partition coefficient (Wildman–Crippen LogP) is 3.84. The maximum atomic E-state index is 14.1. The fourth-order valence-corrected chi connectivity index (χ4v) is 2.31. The van der Waals surface area contributed by atoms with Crippen LogP contribution < -0.4 is 4.74 Å². The van der Waals surface area contributed by atoms with Crippen LogP contribution in [0.25, 0.3) is 0 Å². The minimum absolute atomic E-state index is 0.187. The second-order valence-electron chi connectivity index (χ2n) is 5.36. The molecular weight excluding hydrogens is 295 g/mol. The monoisotopic (exact) mass is 312 g/mol. The summed E-state index contributed by atoms with van der Waals surface area (Å²) in [6.45, 7) is 0.655. The molecule has 4 heteroatoms. The van der Waals surface area contributed by atoms with Crippen molar-refractivity contribution in [3.05, 3.63) is 59.4 Å². The Balaban J connectivity index is 1.70. The molecule has 1 unspecified atom stereocenters. The summed E-state index contributed by atoms with van der Waals surface area (Å²) in [5.74, 6) is 5.74. The van der Waals surface area contributed by atoms with Crippen LogP contribution >= 0.6 is 0 Å². The Hall–Kier alpha value is -2.51. The van der Waals surface area contributed by atoms with Crippen LogP contribution in [0.5, 0.6) is 11.5 Å². The quantitative estimate of drug-likeness (QED) is 0.856. The van der Waals surface area contributed by atoms with Gasteiger partial charge < -0.3 is 14.6 Å². The van der Waals surface area contributed by atoms with E-state index >= 15 is 0 Å². The molecule has 1 heterocycles. The average Bonchev–Trinajstić information content (AvgIpc) is 2.57. The number of halogens is 1. The third kappa shape index (κ3) is 4.24. The van der Waals surface area contributed by atoms with Crippen LogP contribution in [-0.4, -0.2) is 18.0 Å². The molecule has 23 heavy (non-hydrogen) atoms. The standard InChI is InChI=1S/C19H17FO3/c20-17-13-15(5-4-14-6-9-16(21)10-7-14)8-11-18(17)23-19-3-1-2-12-22-19/h6-11,13,19,21H,1-3,12H2. The Bertz CT molecular complexity index is 723. The van der Waals surface area contributed by atoms with Gasteiger partial charge in [-0.15, -0.1) is 0 Å². The van der Waals surface area contributed by atoms with E-state index in [0.29, 0.717) is 12.2 Å². The van der Waals surface area contributed by atoms with Gasteiger partial charge in [0.25, 0.3) is 0 Å². The number of ether oxygens (including phenoxy) is 2. The van der Waals surface area contributed by atoms with Gasteiger partial charge in [0.15, 0.2) is 17.9 Å². The van der Waals surface area contributed by atoms with E-state index in [4.69, 9.17) is 9.47 Å². The molecule has 1 aliphatic heterocycles. The van der Waals surface area contributed by atoms with Gasteiger partial charge in [0.2, 0.25) is 0 Å². The van der Waals surface area contributed by atoms with Crippen molar-refractivity contribution in [2.75, 3.05) is 6.61 Å². The van der Waals surface area contributed by atoms with Gasteiger partial charge in [-0.25, -0.2) is 4.39 Å². The molecule has 118 valence electrons. The van der Waals surface area contributed by atoms with Gasteiger partial charge in [-0.3, -0.25) is 0 Å². The highest BCUT2D eigenvalue weighted by atomic mass is 19.1. The van der Waals surface area contributed by atoms with E-state index < -0.39 is 5.82 Å². The van der Waals surface area contributed by atoms with Gasteiger partial charge >= 0.3 is 0 Å². The van der Waals surface area contributed by atoms with E-state index in [1.54, 1.807) is 36.4 Å². The molecule has 1 fully saturated rings. The van der Waals surface area contributed by atoms with Gasteiger partial charge in [-0.2, -0.15) is 0 Å². The number of aromatic hydroxyl groups is 1. The van der Waals surface area contributed by atoms with Gasteiger partial charge in [0.1, 0.15) is 5.75 Å². The number of benzene rings is 2. The van der Waals surface area contributed by atoms with E-state index in [1.807, 2.05) is 0 Å². The van der Waals surface area contributed by atoms with Crippen molar-refractivity contribution in [2.45, 2.75) is 25.6 Å². The molecule has 0 bridgehead atoms. The highest BCUT2D eigenvalue weighted by molar-refractivity contribution is 5.45. The van der Waals surface area contributed by atoms with Crippen molar-refractivity contribution in [1.29, 1.82) is 0 Å². The number of phenolic OH excluding ortho intramolecular Hbond substituents is 1. The molecule has 1 aliphatic rings. The zero-order chi connectivity index (χ0) is 16.1. The van der Waals surface area contributed by atoms with E-state index in [1.165, 1.54) is 6.07 Å². The molecule has 2 aromatic carbocycles. The summed E-state index contributed by atoms with van der Waals surface area (Å²) in [5, 5.41) is 9.22. The Morgan fingerprint density at radius 3 is 2.48 bits per heavy atom. The number of hydrogen-bond donors (Lipinski definition) is 1. The smallest absolute Gasteiger partial charge is 0.199 e. The van der Waals surface area contributed by atoms with Crippen LogP contribution in [0, 0.1) is 17.7 Å². The molecular formula is C19H17FO3. The summed E-state index contributed by atoms with van der Waals surface area (Å²) in [4.78, 5) is 0. The lowest BCUT2D eigenvalue weighted by atomic mass is 10.1. The second kappa shape index (κ2) is 7.17. The lowest BCUT2D eigenvalue weighted by molar-refractivity contribution is -0.107. The molecule has 3 nitrogen and oxygen atoms in total. The van der Waals surface area contributed by atoms with Gasteiger partial charge in [0.05, 0.1) is 6.61 Å². The largest absolute Gasteiger partial charge is 0.508 e. The van der Waals surface area contributed by atoms with E-state index in [-0.39, 0.29) is 17.8 Å². The molecule has 0 radical (unpaired) electrons. The van der Waals surface area contributed by atoms with Crippen LogP contribution in [0.15, 0.2) is 42.5 Å². The number of rotatable bonds is 2. The molecule has 1 saturated heterocycles. The molecule has 0 saturated carbocycles. The molecule has 2 aromatic rings. The minimum Gasteiger partial charge on any atom is -0.508 e. The van der Waals surface area contributed by atoms with Crippen molar-refractivity contribution in [3.8, 4) is 23.3 Å². The topological polar surface area (TPSA) is 38.7 Å². The van der Waals surface area contributed by atoms with Crippen molar-refractivity contribution >= 4 is 0 Å². The normalized spacial score (nSPS) is 17.2. The maximum Gasteiger partial charge on any atom is 0.199 e. The SMILES string of the molecule is Oc1ccc(C#Cc2ccc(OC3CCCCO3)c(F)c2)cc1. The molecule has 3 rings (SSSR count). The highest BCUT2D eigenvalue weighted by Gasteiger charge is 2.17. The first kappa shape index (κ1) is 15.4. The van der Waals surface area contributed by atoms with Crippen LogP contribution in [0.2, 0.25) is 0 Å². The fraction of sp³-hybridized carbons (Fsp3) is 0.263. The zero-order valence-electron chi connectivity index (χ0n) is 12.6. The number of hydrogen-bond acceptors (Lipinski definition) is 3. The first-order chi connectivity index (χ1) is 11.2. The van der Waals surface area contributed by atoms with Crippen LogP contribution in [0.4, 0.5) is 4.39 Å². The Morgan fingerprint density at radius 2 is 1.78 bits per heavy atom. The zero-order valence-corrected chi connectivity index (χ0v) is 12.6. The summed E-state index contributed by atoms with van der Waals surface area (Å²) in [7, 11) is 0. The molecule has 1 N–H and O–H groups in total. The summed E-state index contributed by atoms with van der Waals surface area (Å²) in [6, 6.07) is 11.2. The van der Waals surface area contributed by atoms with E-state index in [2.05, 4.69) is 11.8 Å². The Morgan fingerprint density at radius 1 is 1.04 bits per heavy atom. The third-order valence-electron chi connectivity index (χ3n) is 3.55. The van der Waals surface area contributed by atoms with Crippen LogP contribution in [0.3, 0.4) is 0 Å². The van der Waals surface area contributed by atoms with Gasteiger partial charge in [-0.1, -0.05) is 11.8 Å². The van der Waals surface area contributed by atoms with Crippen molar-refractivity contribution in [2.24, 2.45) is 0 Å². The lowest BCUT2D eigenvalue weighted by Gasteiger charge is -2.23. The van der Waals surface area contributed by atoms with Crippen molar-refractivity contribution in [1.82, 2.24) is 0 Å². The fourth-order valence-electron chi connectivity index (χ4n) is 2.31. The maximum absolute atomic E-state index is 14.1. The number of phenols is 1. The van der Waals surface area contributed by atoms with Crippen LogP contribution in [0.1, 0.15) is 30.4 Å². The van der Waals surface area contributed by atoms with E-state index in [9.17, 15) is 9.50 Å². The average molecular weight is 312 g/mol. The lowest BCUT2D eigenvalue weighted by Crippen LogP contribution is -2.25. The van der Waals surface area contributed by atoms with Gasteiger partial charge in [0, 0.05) is 17.5 Å². The van der Waals surface area contributed by atoms with Crippen molar-refractivity contribution in [3.63, 3.8) is 0 Å². The molecule has 0 spiro atoms. The summed E-state index contributed by atoms with van der Waals surface area (Å²) in [5.41, 5.74) is 1.31. The molecule has 0 aromatic heterocycles. The Kier molecular flexibility index (Phi) is 4.80. The summed E-state index contributed by atoms with van der Waals surface area (Å²) in [6.07, 6.45) is 2.46. The third-order valence-corrected chi connectivity index (χ3v) is 3.55. The van der Waals surface area contributed by atoms with Gasteiger partial charge in [-0.05, 0) is 55.3 Å². The van der Waals surface area contributed by atoms with E-state index in [0.717, 1.165) is 24.8 Å². The molecule has 1 atom stereocenters. The molecule has 0 aliphatic carbocycles. The summed E-state index contributed by atoms with van der Waals surface area (Å²) >= 11 is 0. The predicted molar refractivity (Wildman–Crippen MR) is 84.7 cm³/mol. The molecule has 0 amide bonds. The summed E-state index contributed by atoms with van der Waals surface area (Å²) < 4.78 is 25.1. The first-order valence-electron chi connectivity index (χ1n) is 7.59. The second-order valence-corrected chi connectivity index (χ2v) is 5.36. The van der Waals surface area contributed by atoms with Crippen molar-refractivity contribution < 1.29 is 19.0 Å². The first-order valence-corrected chi connectivity index (χ1v) is 7.59. The minimum atomic E-state index is -0.448. The highest BCUT2D eigenvalue weighted by Crippen LogP contribution is 2.23. The van der Waals surface area contributed by atoms with Crippen LogP contribution in [-0.2, 0) is 4.74 Å².